The first-order chi connectivity index (χ1) is 10.9. The van der Waals surface area contributed by atoms with Crippen LogP contribution in [0.1, 0.15) is 25.5 Å². The highest BCUT2D eigenvalue weighted by atomic mass is 79.9. The van der Waals surface area contributed by atoms with Gasteiger partial charge in [0.05, 0.1) is 0 Å². The molecule has 3 N–H and O–H groups in total. The zero-order valence-electron chi connectivity index (χ0n) is 12.8. The van der Waals surface area contributed by atoms with E-state index >= 15 is 0 Å². The Bertz CT molecular complexity index is 691. The summed E-state index contributed by atoms with van der Waals surface area (Å²) in [5.41, 5.74) is 1.06. The van der Waals surface area contributed by atoms with Crippen molar-refractivity contribution in [1.29, 1.82) is 0 Å². The Labute approximate surface area is 142 Å². The number of quaternary nitrogens is 1. The Balaban J connectivity index is 1.98. The fourth-order valence-corrected chi connectivity index (χ4v) is 2.55. The Morgan fingerprint density at radius 3 is 2.39 bits per heavy atom. The maximum Gasteiger partial charge on any atom is 0.282 e. The molecule has 0 aliphatic rings. The Hall–Kier alpha value is -1.79. The van der Waals surface area contributed by atoms with Gasteiger partial charge < -0.3 is 10.6 Å². The second kappa shape index (κ2) is 7.66. The molecule has 0 radical (unpaired) electrons. The zero-order valence-corrected chi connectivity index (χ0v) is 14.4. The van der Waals surface area contributed by atoms with Gasteiger partial charge in [-0.25, -0.2) is 8.78 Å². The third-order valence-corrected chi connectivity index (χ3v) is 4.08. The summed E-state index contributed by atoms with van der Waals surface area (Å²) in [6, 6.07) is 10.0. The van der Waals surface area contributed by atoms with E-state index in [0.29, 0.717) is 11.3 Å². The molecule has 2 aromatic rings. The summed E-state index contributed by atoms with van der Waals surface area (Å²) in [4.78, 5) is 12.2. The lowest BCUT2D eigenvalue weighted by Crippen LogP contribution is -2.91. The molecule has 0 saturated carbocycles. The fourth-order valence-electron chi connectivity index (χ4n) is 2.28. The minimum Gasteiger partial charge on any atom is -0.330 e. The largest absolute Gasteiger partial charge is 0.330 e. The number of halogens is 3. The number of nitrogens with one attached hydrogen (secondary N) is 1. The van der Waals surface area contributed by atoms with Crippen LogP contribution in [-0.4, -0.2) is 11.9 Å². The number of rotatable bonds is 5. The Morgan fingerprint density at radius 1 is 1.13 bits per heavy atom. The van der Waals surface area contributed by atoms with E-state index in [1.165, 1.54) is 12.1 Å². The molecule has 0 fully saturated rings. The van der Waals surface area contributed by atoms with Gasteiger partial charge in [0, 0.05) is 21.8 Å². The van der Waals surface area contributed by atoms with E-state index in [1.807, 2.05) is 12.1 Å². The van der Waals surface area contributed by atoms with E-state index in [2.05, 4.69) is 21.2 Å². The van der Waals surface area contributed by atoms with Gasteiger partial charge in [-0.05, 0) is 50.2 Å². The molecule has 1 amide bonds. The molecule has 0 spiro atoms. The number of benzene rings is 2. The zero-order chi connectivity index (χ0) is 17.0. The standard InChI is InChI=1S/C17H17BrF2N2O/c1-10(15-8-5-13(19)9-16(15)20)21-11(2)17(23)22-14-6-3-12(18)4-7-14/h3-11,21H,1-2H3,(H,22,23)/p+1/t10-,11+/m0/s1. The van der Waals surface area contributed by atoms with Crippen molar-refractivity contribution in [1.82, 2.24) is 0 Å². The average molecular weight is 384 g/mol. The predicted molar refractivity (Wildman–Crippen MR) is 88.9 cm³/mol. The van der Waals surface area contributed by atoms with Gasteiger partial charge in [0.2, 0.25) is 0 Å². The summed E-state index contributed by atoms with van der Waals surface area (Å²) in [5.74, 6) is -1.39. The number of carbonyl (C=O) groups excluding carboxylic acids is 1. The van der Waals surface area contributed by atoms with E-state index in [9.17, 15) is 13.6 Å². The summed E-state index contributed by atoms with van der Waals surface area (Å²) >= 11 is 3.33. The van der Waals surface area contributed by atoms with Crippen LogP contribution in [0.3, 0.4) is 0 Å². The van der Waals surface area contributed by atoms with Gasteiger partial charge in [-0.1, -0.05) is 15.9 Å². The van der Waals surface area contributed by atoms with Crippen LogP contribution >= 0.6 is 15.9 Å². The molecule has 2 aromatic carbocycles. The van der Waals surface area contributed by atoms with Crippen molar-refractivity contribution in [2.24, 2.45) is 0 Å². The molecule has 0 heterocycles. The van der Waals surface area contributed by atoms with Crippen LogP contribution in [-0.2, 0) is 4.79 Å². The maximum absolute atomic E-state index is 13.8. The summed E-state index contributed by atoms with van der Waals surface area (Å²) in [6.07, 6.45) is 0. The van der Waals surface area contributed by atoms with Crippen LogP contribution in [0.25, 0.3) is 0 Å². The van der Waals surface area contributed by atoms with Crippen LogP contribution in [0, 0.1) is 11.6 Å². The van der Waals surface area contributed by atoms with Crippen molar-refractivity contribution < 1.29 is 18.9 Å². The van der Waals surface area contributed by atoms with Gasteiger partial charge in [-0.15, -0.1) is 0 Å². The predicted octanol–water partition coefficient (Wildman–Crippen LogP) is 3.38. The van der Waals surface area contributed by atoms with Crippen molar-refractivity contribution in [3.05, 3.63) is 64.1 Å². The molecular weight excluding hydrogens is 366 g/mol. The maximum atomic E-state index is 13.8. The van der Waals surface area contributed by atoms with Crippen LogP contribution in [0.4, 0.5) is 14.5 Å². The second-order valence-corrected chi connectivity index (χ2v) is 6.35. The number of amides is 1. The fraction of sp³-hybridized carbons (Fsp3) is 0.235. The van der Waals surface area contributed by atoms with E-state index in [1.54, 1.807) is 31.3 Å². The Morgan fingerprint density at radius 2 is 1.78 bits per heavy atom. The van der Waals surface area contributed by atoms with Crippen molar-refractivity contribution in [3.63, 3.8) is 0 Å². The molecule has 2 atom stereocenters. The van der Waals surface area contributed by atoms with Crippen molar-refractivity contribution in [2.45, 2.75) is 25.9 Å². The van der Waals surface area contributed by atoms with Crippen molar-refractivity contribution in [3.8, 4) is 0 Å². The minimum atomic E-state index is -0.612. The van der Waals surface area contributed by atoms with Gasteiger partial charge in [0.15, 0.2) is 6.04 Å². The second-order valence-electron chi connectivity index (χ2n) is 5.43. The first-order valence-corrected chi connectivity index (χ1v) is 8.02. The lowest BCUT2D eigenvalue weighted by atomic mass is 10.1. The smallest absolute Gasteiger partial charge is 0.282 e. The van der Waals surface area contributed by atoms with E-state index in [4.69, 9.17) is 0 Å². The number of hydrogen-bond acceptors (Lipinski definition) is 1. The van der Waals surface area contributed by atoms with Crippen LogP contribution in [0.2, 0.25) is 0 Å². The average Bonchev–Trinajstić information content (AvgIpc) is 2.49. The van der Waals surface area contributed by atoms with Gasteiger partial charge in [0.1, 0.15) is 17.7 Å². The summed E-state index contributed by atoms with van der Waals surface area (Å²) in [7, 11) is 0. The summed E-state index contributed by atoms with van der Waals surface area (Å²) < 4.78 is 27.7. The lowest BCUT2D eigenvalue weighted by molar-refractivity contribution is -0.710. The molecule has 3 nitrogen and oxygen atoms in total. The number of carbonyl (C=O) groups is 1. The number of hydrogen-bond donors (Lipinski definition) is 2. The quantitative estimate of drug-likeness (QED) is 0.816. The highest BCUT2D eigenvalue weighted by Gasteiger charge is 2.22. The summed E-state index contributed by atoms with van der Waals surface area (Å²) in [6.45, 7) is 3.52. The highest BCUT2D eigenvalue weighted by Crippen LogP contribution is 2.16. The molecule has 0 aliphatic heterocycles. The van der Waals surface area contributed by atoms with E-state index in [0.717, 1.165) is 10.5 Å². The van der Waals surface area contributed by atoms with Crippen LogP contribution in [0.5, 0.6) is 0 Å². The molecule has 0 aliphatic carbocycles. The van der Waals surface area contributed by atoms with Gasteiger partial charge in [0.25, 0.3) is 5.91 Å². The topological polar surface area (TPSA) is 45.7 Å². The molecule has 0 saturated heterocycles. The normalized spacial score (nSPS) is 13.4. The molecule has 23 heavy (non-hydrogen) atoms. The lowest BCUT2D eigenvalue weighted by Gasteiger charge is -2.17. The summed E-state index contributed by atoms with van der Waals surface area (Å²) in [5, 5.41) is 4.55. The molecule has 2 rings (SSSR count). The number of anilines is 1. The molecule has 122 valence electrons. The van der Waals surface area contributed by atoms with Gasteiger partial charge in [-0.3, -0.25) is 4.79 Å². The number of nitrogens with two attached hydrogens (primary N) is 1. The highest BCUT2D eigenvalue weighted by molar-refractivity contribution is 9.10. The van der Waals surface area contributed by atoms with Gasteiger partial charge in [-0.2, -0.15) is 0 Å². The monoisotopic (exact) mass is 383 g/mol. The third kappa shape index (κ3) is 4.84. The van der Waals surface area contributed by atoms with Crippen molar-refractivity contribution >= 4 is 27.5 Å². The van der Waals surface area contributed by atoms with Crippen molar-refractivity contribution in [2.75, 3.05) is 5.32 Å². The van der Waals surface area contributed by atoms with E-state index < -0.39 is 17.7 Å². The molecule has 6 heteroatoms. The minimum absolute atomic E-state index is 0.179. The third-order valence-electron chi connectivity index (χ3n) is 3.56. The van der Waals surface area contributed by atoms with E-state index in [-0.39, 0.29) is 11.9 Å². The molecule has 0 unspecified atom stereocenters. The first kappa shape index (κ1) is 17.6. The molecule has 0 bridgehead atoms. The Kier molecular flexibility index (Phi) is 5.85. The molecule has 0 aromatic heterocycles. The van der Waals surface area contributed by atoms with Gasteiger partial charge >= 0.3 is 0 Å². The SMILES string of the molecule is C[C@H]([NH2+][C@H](C)C(=O)Nc1ccc(Br)cc1)c1ccc(F)cc1F. The molecular formula is C17H18BrF2N2O+. The first-order valence-electron chi connectivity index (χ1n) is 7.23. The van der Waals surface area contributed by atoms with Crippen LogP contribution < -0.4 is 10.6 Å². The van der Waals surface area contributed by atoms with Crippen LogP contribution in [0.15, 0.2) is 46.9 Å².